The van der Waals surface area contributed by atoms with Crippen LogP contribution in [0.15, 0.2) is 42.7 Å². The Morgan fingerprint density at radius 3 is 2.50 bits per heavy atom. The van der Waals surface area contributed by atoms with Crippen LogP contribution < -0.4 is 0 Å². The van der Waals surface area contributed by atoms with Gasteiger partial charge in [0.05, 0.1) is 17.4 Å². The molecule has 0 aliphatic heterocycles. The Morgan fingerprint density at radius 1 is 1.22 bits per heavy atom. The number of nitrogens with zero attached hydrogens (tertiary/aromatic N) is 2. The van der Waals surface area contributed by atoms with Crippen LogP contribution in [0.1, 0.15) is 31.1 Å². The number of carbonyl (C=O) groups excluding carboxylic acids is 1. The quantitative estimate of drug-likeness (QED) is 0.763. The van der Waals surface area contributed by atoms with E-state index in [1.165, 1.54) is 6.20 Å². The third-order valence-electron chi connectivity index (χ3n) is 2.24. The van der Waals surface area contributed by atoms with E-state index < -0.39 is 5.60 Å². The number of hydrogen-bond donors (Lipinski definition) is 0. The number of para-hydroxylation sites is 1. The number of rotatable bonds is 2. The van der Waals surface area contributed by atoms with E-state index in [1.807, 2.05) is 51.1 Å². The molecule has 1 heterocycles. The van der Waals surface area contributed by atoms with Crippen LogP contribution in [0.25, 0.3) is 5.69 Å². The van der Waals surface area contributed by atoms with E-state index in [0.717, 1.165) is 5.69 Å². The van der Waals surface area contributed by atoms with Crippen LogP contribution in [0.2, 0.25) is 0 Å². The highest BCUT2D eigenvalue weighted by molar-refractivity contribution is 5.89. The van der Waals surface area contributed by atoms with Crippen LogP contribution in [0, 0.1) is 0 Å². The van der Waals surface area contributed by atoms with E-state index in [-0.39, 0.29) is 5.97 Å². The minimum atomic E-state index is -0.494. The second kappa shape index (κ2) is 4.64. The molecule has 1 aromatic heterocycles. The smallest absolute Gasteiger partial charge is 0.341 e. The Hall–Kier alpha value is -2.10. The maximum Gasteiger partial charge on any atom is 0.341 e. The monoisotopic (exact) mass is 244 g/mol. The fraction of sp³-hybridized carbons (Fsp3) is 0.286. The molecule has 0 unspecified atom stereocenters. The number of ether oxygens (including phenoxy) is 1. The summed E-state index contributed by atoms with van der Waals surface area (Å²) < 4.78 is 6.93. The average molecular weight is 244 g/mol. The van der Waals surface area contributed by atoms with Crippen molar-refractivity contribution in [2.45, 2.75) is 26.4 Å². The highest BCUT2D eigenvalue weighted by atomic mass is 16.6. The van der Waals surface area contributed by atoms with Crippen LogP contribution in [-0.4, -0.2) is 21.4 Å². The van der Waals surface area contributed by atoms with Crippen molar-refractivity contribution in [1.29, 1.82) is 0 Å². The molecule has 4 heteroatoms. The summed E-state index contributed by atoms with van der Waals surface area (Å²) in [5.41, 5.74) is 0.868. The Kier molecular flexibility index (Phi) is 3.19. The zero-order valence-corrected chi connectivity index (χ0v) is 10.8. The van der Waals surface area contributed by atoms with Gasteiger partial charge in [-0.05, 0) is 32.9 Å². The van der Waals surface area contributed by atoms with Crippen molar-refractivity contribution >= 4 is 5.97 Å². The molecule has 2 rings (SSSR count). The van der Waals surface area contributed by atoms with Crippen molar-refractivity contribution < 1.29 is 9.53 Å². The molecule has 0 atom stereocenters. The molecule has 0 aliphatic rings. The third kappa shape index (κ3) is 2.97. The zero-order valence-electron chi connectivity index (χ0n) is 10.8. The zero-order chi connectivity index (χ0) is 13.2. The van der Waals surface area contributed by atoms with Gasteiger partial charge in [0, 0.05) is 6.20 Å². The van der Waals surface area contributed by atoms with Crippen molar-refractivity contribution in [1.82, 2.24) is 9.78 Å². The lowest BCUT2D eigenvalue weighted by molar-refractivity contribution is 0.00695. The summed E-state index contributed by atoms with van der Waals surface area (Å²) in [6, 6.07) is 9.62. The number of benzene rings is 1. The van der Waals surface area contributed by atoms with Crippen LogP contribution >= 0.6 is 0 Å². The van der Waals surface area contributed by atoms with Gasteiger partial charge in [-0.15, -0.1) is 0 Å². The highest BCUT2D eigenvalue weighted by Crippen LogP contribution is 2.13. The molecular weight excluding hydrogens is 228 g/mol. The lowest BCUT2D eigenvalue weighted by atomic mass is 10.2. The summed E-state index contributed by atoms with van der Waals surface area (Å²) >= 11 is 0. The van der Waals surface area contributed by atoms with Crippen molar-refractivity contribution in [3.63, 3.8) is 0 Å². The average Bonchev–Trinajstić information content (AvgIpc) is 2.77. The molecule has 0 saturated heterocycles. The van der Waals surface area contributed by atoms with E-state index in [0.29, 0.717) is 5.56 Å². The molecule has 4 nitrogen and oxygen atoms in total. The molecule has 0 radical (unpaired) electrons. The predicted octanol–water partition coefficient (Wildman–Crippen LogP) is 2.83. The standard InChI is InChI=1S/C14H16N2O2/c1-14(2,3)18-13(17)11-9-15-16(10-11)12-7-5-4-6-8-12/h4-10H,1-3H3. The normalized spacial score (nSPS) is 11.3. The predicted molar refractivity (Wildman–Crippen MR) is 68.7 cm³/mol. The van der Waals surface area contributed by atoms with Crippen molar-refractivity contribution in [2.24, 2.45) is 0 Å². The van der Waals surface area contributed by atoms with E-state index in [4.69, 9.17) is 4.74 Å². The molecule has 0 aliphatic carbocycles. The van der Waals surface area contributed by atoms with Gasteiger partial charge in [0.1, 0.15) is 5.60 Å². The maximum absolute atomic E-state index is 11.8. The third-order valence-corrected chi connectivity index (χ3v) is 2.24. The van der Waals surface area contributed by atoms with Crippen molar-refractivity contribution in [3.05, 3.63) is 48.3 Å². The first-order chi connectivity index (χ1) is 8.46. The van der Waals surface area contributed by atoms with Gasteiger partial charge in [0.25, 0.3) is 0 Å². The summed E-state index contributed by atoms with van der Waals surface area (Å²) in [5.74, 6) is -0.357. The van der Waals surface area contributed by atoms with E-state index in [9.17, 15) is 4.79 Å². The molecule has 1 aromatic carbocycles. The first-order valence-corrected chi connectivity index (χ1v) is 5.79. The minimum Gasteiger partial charge on any atom is -0.456 e. The summed E-state index contributed by atoms with van der Waals surface area (Å²) in [6.07, 6.45) is 3.18. The second-order valence-electron chi connectivity index (χ2n) is 5.01. The van der Waals surface area contributed by atoms with Crippen molar-refractivity contribution in [2.75, 3.05) is 0 Å². The fourth-order valence-corrected chi connectivity index (χ4v) is 1.49. The second-order valence-corrected chi connectivity index (χ2v) is 5.01. The Bertz CT molecular complexity index is 538. The topological polar surface area (TPSA) is 44.1 Å². The van der Waals surface area contributed by atoms with Gasteiger partial charge >= 0.3 is 5.97 Å². The molecule has 0 amide bonds. The van der Waals surface area contributed by atoms with E-state index >= 15 is 0 Å². The molecule has 0 fully saturated rings. The summed E-state index contributed by atoms with van der Waals surface area (Å²) in [7, 11) is 0. The Morgan fingerprint density at radius 2 is 1.89 bits per heavy atom. The summed E-state index contributed by atoms with van der Waals surface area (Å²) in [6.45, 7) is 5.52. The minimum absolute atomic E-state index is 0.357. The first-order valence-electron chi connectivity index (χ1n) is 5.79. The van der Waals surface area contributed by atoms with Crippen LogP contribution in [-0.2, 0) is 4.74 Å². The van der Waals surface area contributed by atoms with Gasteiger partial charge in [-0.3, -0.25) is 0 Å². The molecular formula is C14H16N2O2. The number of esters is 1. The van der Waals surface area contributed by atoms with Gasteiger partial charge < -0.3 is 4.74 Å². The van der Waals surface area contributed by atoms with Gasteiger partial charge in [0.2, 0.25) is 0 Å². The van der Waals surface area contributed by atoms with Gasteiger partial charge in [-0.1, -0.05) is 18.2 Å². The maximum atomic E-state index is 11.8. The largest absolute Gasteiger partial charge is 0.456 e. The number of hydrogen-bond acceptors (Lipinski definition) is 3. The molecule has 18 heavy (non-hydrogen) atoms. The van der Waals surface area contributed by atoms with Crippen LogP contribution in [0.3, 0.4) is 0 Å². The highest BCUT2D eigenvalue weighted by Gasteiger charge is 2.19. The van der Waals surface area contributed by atoms with Gasteiger partial charge in [-0.25, -0.2) is 9.48 Å². The number of aromatic nitrogens is 2. The molecule has 0 N–H and O–H groups in total. The van der Waals surface area contributed by atoms with Crippen LogP contribution in [0.5, 0.6) is 0 Å². The molecule has 0 bridgehead atoms. The van der Waals surface area contributed by atoms with Gasteiger partial charge in [-0.2, -0.15) is 5.10 Å². The molecule has 2 aromatic rings. The van der Waals surface area contributed by atoms with Crippen molar-refractivity contribution in [3.8, 4) is 5.69 Å². The fourth-order valence-electron chi connectivity index (χ4n) is 1.49. The van der Waals surface area contributed by atoms with Gasteiger partial charge in [0.15, 0.2) is 0 Å². The Labute approximate surface area is 106 Å². The lowest BCUT2D eigenvalue weighted by Crippen LogP contribution is -2.23. The van der Waals surface area contributed by atoms with Crippen LogP contribution in [0.4, 0.5) is 0 Å². The Balaban J connectivity index is 2.19. The summed E-state index contributed by atoms with van der Waals surface area (Å²) in [4.78, 5) is 11.8. The first kappa shape index (κ1) is 12.4. The van der Waals surface area contributed by atoms with E-state index in [1.54, 1.807) is 10.9 Å². The lowest BCUT2D eigenvalue weighted by Gasteiger charge is -2.18. The molecule has 94 valence electrons. The SMILES string of the molecule is CC(C)(C)OC(=O)c1cnn(-c2ccccc2)c1. The summed E-state index contributed by atoms with van der Waals surface area (Å²) in [5, 5.41) is 4.15. The molecule has 0 saturated carbocycles. The number of carbonyl (C=O) groups is 1. The van der Waals surface area contributed by atoms with E-state index in [2.05, 4.69) is 5.10 Å². The molecule has 0 spiro atoms.